The lowest BCUT2D eigenvalue weighted by Crippen LogP contribution is -2.30. The van der Waals surface area contributed by atoms with Gasteiger partial charge < -0.3 is 23.9 Å². The van der Waals surface area contributed by atoms with E-state index in [1.54, 1.807) is 25.1 Å². The molecule has 0 aliphatic carbocycles. The molecular formula is C22H20ClNO7. The van der Waals surface area contributed by atoms with E-state index in [4.69, 9.17) is 30.2 Å². The Hall–Kier alpha value is -3.52. The first-order valence-corrected chi connectivity index (χ1v) is 9.58. The Bertz CT molecular complexity index is 1180. The van der Waals surface area contributed by atoms with Gasteiger partial charge in [0.15, 0.2) is 0 Å². The van der Waals surface area contributed by atoms with E-state index in [-0.39, 0.29) is 18.7 Å². The van der Waals surface area contributed by atoms with Crippen molar-refractivity contribution in [2.75, 3.05) is 20.8 Å². The summed E-state index contributed by atoms with van der Waals surface area (Å²) in [7, 11) is 2.94. The molecule has 31 heavy (non-hydrogen) atoms. The molecule has 0 fully saturated rings. The summed E-state index contributed by atoms with van der Waals surface area (Å²) < 4.78 is 20.6. The molecule has 0 aliphatic heterocycles. The SMILES string of the molecule is COc1cc(OC)cc(C(=O)NCC(=O)OCc2cc(=O)oc3cc(C)c(Cl)cc23)c1. The summed E-state index contributed by atoms with van der Waals surface area (Å²) in [5.41, 5.74) is 1.25. The Morgan fingerprint density at radius 1 is 1.03 bits per heavy atom. The highest BCUT2D eigenvalue weighted by atomic mass is 35.5. The highest BCUT2D eigenvalue weighted by Crippen LogP contribution is 2.25. The molecule has 0 unspecified atom stereocenters. The third-order valence-corrected chi connectivity index (χ3v) is 4.91. The maximum absolute atomic E-state index is 12.4. The van der Waals surface area contributed by atoms with Gasteiger partial charge in [0.05, 0.1) is 14.2 Å². The molecule has 3 aromatic rings. The molecule has 0 saturated heterocycles. The molecule has 0 aliphatic rings. The molecule has 1 heterocycles. The molecule has 8 nitrogen and oxygen atoms in total. The first-order valence-electron chi connectivity index (χ1n) is 9.20. The second kappa shape index (κ2) is 9.53. The van der Waals surface area contributed by atoms with Crippen LogP contribution in [0.1, 0.15) is 21.5 Å². The summed E-state index contributed by atoms with van der Waals surface area (Å²) in [6.07, 6.45) is 0. The van der Waals surface area contributed by atoms with Crippen LogP contribution in [0.3, 0.4) is 0 Å². The van der Waals surface area contributed by atoms with Gasteiger partial charge in [-0.3, -0.25) is 9.59 Å². The number of esters is 1. The molecule has 1 N–H and O–H groups in total. The van der Waals surface area contributed by atoms with Crippen molar-refractivity contribution in [1.29, 1.82) is 0 Å². The summed E-state index contributed by atoms with van der Waals surface area (Å²) >= 11 is 6.16. The predicted molar refractivity (Wildman–Crippen MR) is 114 cm³/mol. The van der Waals surface area contributed by atoms with Crippen LogP contribution in [0, 0.1) is 6.92 Å². The third kappa shape index (κ3) is 5.35. The molecule has 162 valence electrons. The van der Waals surface area contributed by atoms with Crippen LogP contribution in [0.4, 0.5) is 0 Å². The van der Waals surface area contributed by atoms with Crippen LogP contribution in [0.25, 0.3) is 11.0 Å². The lowest BCUT2D eigenvalue weighted by molar-refractivity contribution is -0.143. The lowest BCUT2D eigenvalue weighted by atomic mass is 10.1. The highest BCUT2D eigenvalue weighted by Gasteiger charge is 2.14. The van der Waals surface area contributed by atoms with E-state index in [0.717, 1.165) is 5.56 Å². The average molecular weight is 446 g/mol. The number of fused-ring (bicyclic) bond motifs is 1. The van der Waals surface area contributed by atoms with E-state index < -0.39 is 17.5 Å². The Labute approximate surface area is 182 Å². The highest BCUT2D eigenvalue weighted by molar-refractivity contribution is 6.32. The van der Waals surface area contributed by atoms with Crippen LogP contribution in [-0.4, -0.2) is 32.6 Å². The van der Waals surface area contributed by atoms with E-state index in [2.05, 4.69) is 5.32 Å². The van der Waals surface area contributed by atoms with E-state index in [1.165, 1.54) is 32.4 Å². The molecule has 0 atom stereocenters. The number of rotatable bonds is 7. The number of carbonyl (C=O) groups is 2. The molecule has 0 spiro atoms. The maximum Gasteiger partial charge on any atom is 0.336 e. The number of aryl methyl sites for hydroxylation is 1. The number of carbonyl (C=O) groups excluding carboxylic acids is 2. The van der Waals surface area contributed by atoms with E-state index in [0.29, 0.717) is 33.1 Å². The summed E-state index contributed by atoms with van der Waals surface area (Å²) in [5, 5.41) is 3.54. The number of amides is 1. The van der Waals surface area contributed by atoms with Gasteiger partial charge >= 0.3 is 11.6 Å². The van der Waals surface area contributed by atoms with Crippen LogP contribution in [0.2, 0.25) is 5.02 Å². The lowest BCUT2D eigenvalue weighted by Gasteiger charge is -2.10. The van der Waals surface area contributed by atoms with E-state index >= 15 is 0 Å². The summed E-state index contributed by atoms with van der Waals surface area (Å²) in [6, 6.07) is 9.19. The minimum Gasteiger partial charge on any atom is -0.497 e. The van der Waals surface area contributed by atoms with Crippen molar-refractivity contribution in [3.8, 4) is 11.5 Å². The Morgan fingerprint density at radius 3 is 2.35 bits per heavy atom. The molecule has 0 bridgehead atoms. The van der Waals surface area contributed by atoms with Crippen LogP contribution >= 0.6 is 11.6 Å². The topological polar surface area (TPSA) is 104 Å². The molecule has 0 saturated carbocycles. The zero-order chi connectivity index (χ0) is 22.5. The maximum atomic E-state index is 12.4. The quantitative estimate of drug-likeness (QED) is 0.439. The molecule has 1 aromatic heterocycles. The standard InChI is InChI=1S/C22H20ClNO7/c1-12-4-19-17(9-18(12)23)14(7-20(25)31-19)11-30-21(26)10-24-22(27)13-5-15(28-2)8-16(6-13)29-3/h4-9H,10-11H2,1-3H3,(H,24,27). The van der Waals surface area contributed by atoms with Crippen LogP contribution in [0.15, 0.2) is 45.6 Å². The first kappa shape index (κ1) is 22.2. The summed E-state index contributed by atoms with van der Waals surface area (Å²) in [5.74, 6) is -0.295. The van der Waals surface area contributed by atoms with Crippen molar-refractivity contribution in [3.05, 3.63) is 68.5 Å². The van der Waals surface area contributed by atoms with Crippen LogP contribution < -0.4 is 20.4 Å². The molecule has 9 heteroatoms. The van der Waals surface area contributed by atoms with Gasteiger partial charge in [0.2, 0.25) is 0 Å². The minimum absolute atomic E-state index is 0.177. The number of methoxy groups -OCH3 is 2. The van der Waals surface area contributed by atoms with Crippen molar-refractivity contribution < 1.29 is 28.2 Å². The van der Waals surface area contributed by atoms with Crippen LogP contribution in [-0.2, 0) is 16.1 Å². The van der Waals surface area contributed by atoms with Crippen molar-refractivity contribution in [1.82, 2.24) is 5.32 Å². The molecule has 2 aromatic carbocycles. The molecular weight excluding hydrogens is 426 g/mol. The number of benzene rings is 2. The molecule has 3 rings (SSSR count). The number of hydrogen-bond acceptors (Lipinski definition) is 7. The fourth-order valence-electron chi connectivity index (χ4n) is 2.87. The number of halogens is 1. The van der Waals surface area contributed by atoms with Gasteiger partial charge in [-0.1, -0.05) is 11.6 Å². The van der Waals surface area contributed by atoms with Gasteiger partial charge in [-0.25, -0.2) is 4.79 Å². The Kier molecular flexibility index (Phi) is 6.81. The van der Waals surface area contributed by atoms with Gasteiger partial charge in [0.1, 0.15) is 30.2 Å². The molecule has 0 radical (unpaired) electrons. The number of ether oxygens (including phenoxy) is 3. The van der Waals surface area contributed by atoms with Crippen LogP contribution in [0.5, 0.6) is 11.5 Å². The molecule has 1 amide bonds. The summed E-state index contributed by atoms with van der Waals surface area (Å²) in [4.78, 5) is 36.3. The fraction of sp³-hybridized carbons (Fsp3) is 0.227. The van der Waals surface area contributed by atoms with Gasteiger partial charge in [-0.2, -0.15) is 0 Å². The summed E-state index contributed by atoms with van der Waals surface area (Å²) in [6.45, 7) is 1.25. The van der Waals surface area contributed by atoms with Crippen molar-refractivity contribution in [2.45, 2.75) is 13.5 Å². The van der Waals surface area contributed by atoms with Gasteiger partial charge in [-0.05, 0) is 36.8 Å². The fourth-order valence-corrected chi connectivity index (χ4v) is 3.03. The average Bonchev–Trinajstić information content (AvgIpc) is 2.76. The van der Waals surface area contributed by atoms with Crippen molar-refractivity contribution in [2.24, 2.45) is 0 Å². The zero-order valence-corrected chi connectivity index (χ0v) is 17.9. The van der Waals surface area contributed by atoms with Crippen molar-refractivity contribution >= 4 is 34.4 Å². The number of nitrogens with one attached hydrogen (secondary N) is 1. The zero-order valence-electron chi connectivity index (χ0n) is 17.1. The van der Waals surface area contributed by atoms with E-state index in [9.17, 15) is 14.4 Å². The van der Waals surface area contributed by atoms with Crippen molar-refractivity contribution in [3.63, 3.8) is 0 Å². The normalized spacial score (nSPS) is 10.6. The van der Waals surface area contributed by atoms with Gasteiger partial charge in [-0.15, -0.1) is 0 Å². The third-order valence-electron chi connectivity index (χ3n) is 4.50. The number of hydrogen-bond donors (Lipinski definition) is 1. The second-order valence-corrected chi connectivity index (χ2v) is 7.04. The second-order valence-electron chi connectivity index (χ2n) is 6.63. The van der Waals surface area contributed by atoms with Gasteiger partial charge in [0, 0.05) is 33.7 Å². The Balaban J connectivity index is 1.65. The van der Waals surface area contributed by atoms with Gasteiger partial charge in [0.25, 0.3) is 5.91 Å². The predicted octanol–water partition coefficient (Wildman–Crippen LogP) is 3.25. The minimum atomic E-state index is -0.678. The largest absolute Gasteiger partial charge is 0.497 e. The first-order chi connectivity index (χ1) is 14.8. The monoisotopic (exact) mass is 445 g/mol. The Morgan fingerprint density at radius 2 is 1.71 bits per heavy atom. The van der Waals surface area contributed by atoms with E-state index in [1.807, 2.05) is 0 Å². The smallest absolute Gasteiger partial charge is 0.336 e.